The molecule has 1 aromatic carbocycles. The zero-order valence-corrected chi connectivity index (χ0v) is 17.2. The van der Waals surface area contributed by atoms with Crippen molar-refractivity contribution in [3.05, 3.63) is 45.8 Å². The Morgan fingerprint density at radius 2 is 1.96 bits per heavy atom. The average Bonchev–Trinajstić information content (AvgIpc) is 3.07. The molecule has 1 aromatic rings. The van der Waals surface area contributed by atoms with Gasteiger partial charge in [0.05, 0.1) is 15.6 Å². The van der Waals surface area contributed by atoms with Gasteiger partial charge in [-0.1, -0.05) is 55.2 Å². The van der Waals surface area contributed by atoms with E-state index in [4.69, 9.17) is 12.2 Å². The summed E-state index contributed by atoms with van der Waals surface area (Å²) in [4.78, 5) is 18.5. The molecule has 3 rings (SSSR count). The molecule has 132 valence electrons. The van der Waals surface area contributed by atoms with Crippen molar-refractivity contribution in [2.75, 3.05) is 18.0 Å². The molecule has 0 aliphatic carbocycles. The Hall–Kier alpha value is -1.24. The highest BCUT2D eigenvalue weighted by Gasteiger charge is 2.31. The molecule has 1 saturated heterocycles. The van der Waals surface area contributed by atoms with Crippen LogP contribution in [0.25, 0.3) is 0 Å². The summed E-state index contributed by atoms with van der Waals surface area (Å²) in [5, 5.41) is 1.15. The summed E-state index contributed by atoms with van der Waals surface area (Å²) in [6.07, 6.45) is 6.01. The minimum Gasteiger partial charge on any atom is -0.335 e. The Kier molecular flexibility index (Phi) is 5.92. The number of anilines is 1. The Morgan fingerprint density at radius 1 is 1.16 bits per heavy atom. The normalized spacial score (nSPS) is 20.3. The van der Waals surface area contributed by atoms with Gasteiger partial charge >= 0.3 is 0 Å². The van der Waals surface area contributed by atoms with Crippen molar-refractivity contribution in [2.45, 2.75) is 38.5 Å². The van der Waals surface area contributed by atoms with E-state index in [1.165, 1.54) is 27.9 Å². The summed E-state index contributed by atoms with van der Waals surface area (Å²) in [6.45, 7) is 8.00. The predicted molar refractivity (Wildman–Crippen MR) is 113 cm³/mol. The van der Waals surface area contributed by atoms with Gasteiger partial charge in [-0.3, -0.25) is 9.69 Å². The Morgan fingerprint density at radius 3 is 2.68 bits per heavy atom. The lowest BCUT2D eigenvalue weighted by Crippen LogP contribution is -2.28. The van der Waals surface area contributed by atoms with Crippen LogP contribution in [0.1, 0.15) is 32.3 Å². The number of carbonyl (C=O) groups is 1. The number of hydrogen-bond donors (Lipinski definition) is 0. The molecular formula is C19H22N2OS3. The van der Waals surface area contributed by atoms with Crippen LogP contribution in [0.3, 0.4) is 0 Å². The van der Waals surface area contributed by atoms with Crippen molar-refractivity contribution in [3.8, 4) is 0 Å². The molecule has 2 heterocycles. The van der Waals surface area contributed by atoms with Crippen LogP contribution >= 0.6 is 35.7 Å². The molecule has 0 aromatic heterocycles. The molecule has 0 unspecified atom stereocenters. The molecule has 2 aliphatic rings. The van der Waals surface area contributed by atoms with Crippen molar-refractivity contribution < 1.29 is 4.79 Å². The van der Waals surface area contributed by atoms with Crippen LogP contribution in [0.15, 0.2) is 45.2 Å². The molecule has 3 nitrogen and oxygen atoms in total. The summed E-state index contributed by atoms with van der Waals surface area (Å²) >= 11 is 8.53. The average molecular weight is 391 g/mol. The first-order valence-corrected chi connectivity index (χ1v) is 10.6. The van der Waals surface area contributed by atoms with Crippen LogP contribution in [0.4, 0.5) is 5.69 Å². The third kappa shape index (κ3) is 3.81. The minimum absolute atomic E-state index is 0.0414. The SMILES string of the molecule is CCCCN1C(=O)/C(=C\C=C2/Sc3cc(C)ccc3N2CC)SC1=S. The number of nitrogens with zero attached hydrogens (tertiary/aromatic N) is 2. The van der Waals surface area contributed by atoms with Gasteiger partial charge in [-0.2, -0.15) is 0 Å². The lowest BCUT2D eigenvalue weighted by atomic mass is 10.2. The number of thioether (sulfide) groups is 2. The van der Waals surface area contributed by atoms with Gasteiger partial charge in [0.2, 0.25) is 0 Å². The molecule has 6 heteroatoms. The van der Waals surface area contributed by atoms with Crippen LogP contribution in [0, 0.1) is 6.92 Å². The van der Waals surface area contributed by atoms with E-state index < -0.39 is 0 Å². The Balaban J connectivity index is 1.81. The van der Waals surface area contributed by atoms with Gasteiger partial charge < -0.3 is 4.90 Å². The Labute approximate surface area is 163 Å². The molecular weight excluding hydrogens is 368 g/mol. The van der Waals surface area contributed by atoms with E-state index in [0.717, 1.165) is 35.9 Å². The number of amides is 1. The number of thiocarbonyl (C=S) groups is 1. The van der Waals surface area contributed by atoms with E-state index >= 15 is 0 Å². The van der Waals surface area contributed by atoms with Crippen molar-refractivity contribution in [2.24, 2.45) is 0 Å². The van der Waals surface area contributed by atoms with Crippen LogP contribution in [0.5, 0.6) is 0 Å². The maximum Gasteiger partial charge on any atom is 0.266 e. The number of unbranched alkanes of at least 4 members (excludes halogenated alkanes) is 1. The number of fused-ring (bicyclic) bond motifs is 1. The monoisotopic (exact) mass is 390 g/mol. The second-order valence-corrected chi connectivity index (χ2v) is 8.77. The van der Waals surface area contributed by atoms with E-state index in [1.54, 1.807) is 16.7 Å². The van der Waals surface area contributed by atoms with Gasteiger partial charge in [0, 0.05) is 18.0 Å². The van der Waals surface area contributed by atoms with Gasteiger partial charge in [0.25, 0.3) is 5.91 Å². The highest BCUT2D eigenvalue weighted by atomic mass is 32.2. The van der Waals surface area contributed by atoms with E-state index in [-0.39, 0.29) is 5.91 Å². The molecule has 0 N–H and O–H groups in total. The molecule has 0 atom stereocenters. The quantitative estimate of drug-likeness (QED) is 0.501. The van der Waals surface area contributed by atoms with E-state index in [2.05, 4.69) is 49.9 Å². The zero-order chi connectivity index (χ0) is 18.0. The number of benzene rings is 1. The summed E-state index contributed by atoms with van der Waals surface area (Å²) < 4.78 is 0.674. The highest BCUT2D eigenvalue weighted by Crippen LogP contribution is 2.46. The van der Waals surface area contributed by atoms with Gasteiger partial charge in [-0.15, -0.1) is 0 Å². The fourth-order valence-corrected chi connectivity index (χ4v) is 5.31. The van der Waals surface area contributed by atoms with Crippen LogP contribution < -0.4 is 4.90 Å². The van der Waals surface area contributed by atoms with Crippen molar-refractivity contribution >= 4 is 51.7 Å². The van der Waals surface area contributed by atoms with Gasteiger partial charge in [0.15, 0.2) is 0 Å². The standard InChI is InChI=1S/C19H22N2OS3/c1-4-6-11-21-18(22)15(25-19(21)23)9-10-17-20(5-2)14-8-7-13(3)12-16(14)24-17/h7-10,12H,4-6,11H2,1-3H3/b15-9+,17-10-. The molecule has 0 spiro atoms. The lowest BCUT2D eigenvalue weighted by molar-refractivity contribution is -0.122. The third-order valence-electron chi connectivity index (χ3n) is 4.19. The maximum atomic E-state index is 12.5. The van der Waals surface area contributed by atoms with Crippen LogP contribution in [0.2, 0.25) is 0 Å². The molecule has 0 bridgehead atoms. The first-order chi connectivity index (χ1) is 12.0. The number of rotatable bonds is 5. The van der Waals surface area contributed by atoms with Gasteiger partial charge in [-0.25, -0.2) is 0 Å². The highest BCUT2D eigenvalue weighted by molar-refractivity contribution is 8.26. The summed E-state index contributed by atoms with van der Waals surface area (Å²) in [6, 6.07) is 6.53. The number of hydrogen-bond acceptors (Lipinski definition) is 5. The fraction of sp³-hybridized carbons (Fsp3) is 0.368. The number of allylic oxidation sites excluding steroid dienone is 2. The lowest BCUT2D eigenvalue weighted by Gasteiger charge is -2.17. The molecule has 1 amide bonds. The van der Waals surface area contributed by atoms with Crippen molar-refractivity contribution in [3.63, 3.8) is 0 Å². The minimum atomic E-state index is 0.0414. The summed E-state index contributed by atoms with van der Waals surface area (Å²) in [5.41, 5.74) is 2.51. The maximum absolute atomic E-state index is 12.5. The Bertz CT molecular complexity index is 770. The van der Waals surface area contributed by atoms with Crippen LogP contribution in [-0.4, -0.2) is 28.2 Å². The predicted octanol–water partition coefficient (Wildman–Crippen LogP) is 5.31. The van der Waals surface area contributed by atoms with Crippen LogP contribution in [-0.2, 0) is 4.79 Å². The van der Waals surface area contributed by atoms with E-state index in [9.17, 15) is 4.79 Å². The number of carbonyl (C=O) groups excluding carboxylic acids is 1. The first kappa shape index (κ1) is 18.5. The molecule has 0 radical (unpaired) electrons. The molecule has 1 fully saturated rings. The molecule has 25 heavy (non-hydrogen) atoms. The first-order valence-electron chi connectivity index (χ1n) is 8.56. The zero-order valence-electron chi connectivity index (χ0n) is 14.7. The van der Waals surface area contributed by atoms with E-state index in [0.29, 0.717) is 4.32 Å². The second kappa shape index (κ2) is 7.98. The third-order valence-corrected chi connectivity index (χ3v) is 6.70. The largest absolute Gasteiger partial charge is 0.335 e. The smallest absolute Gasteiger partial charge is 0.266 e. The summed E-state index contributed by atoms with van der Waals surface area (Å²) in [5.74, 6) is 0.0414. The molecule has 0 saturated carbocycles. The topological polar surface area (TPSA) is 23.6 Å². The summed E-state index contributed by atoms with van der Waals surface area (Å²) in [7, 11) is 0. The molecule has 2 aliphatic heterocycles. The van der Waals surface area contributed by atoms with E-state index in [1.807, 2.05) is 6.08 Å². The van der Waals surface area contributed by atoms with Gasteiger partial charge in [-0.05, 0) is 50.1 Å². The van der Waals surface area contributed by atoms with Crippen molar-refractivity contribution in [1.29, 1.82) is 0 Å². The van der Waals surface area contributed by atoms with Gasteiger partial charge in [0.1, 0.15) is 4.32 Å². The number of aryl methyl sites for hydroxylation is 1. The fourth-order valence-electron chi connectivity index (χ4n) is 2.83. The second-order valence-electron chi connectivity index (χ2n) is 6.03. The van der Waals surface area contributed by atoms with Crippen molar-refractivity contribution in [1.82, 2.24) is 4.90 Å².